The second-order valence-corrected chi connectivity index (χ2v) is 6.16. The number of likely N-dealkylation sites (tertiary alicyclic amines) is 1. The number of carbonyl (C=O) groups is 1. The molecule has 1 fully saturated rings. The monoisotopic (exact) mass is 353 g/mol. The van der Waals surface area contributed by atoms with E-state index in [1.165, 1.54) is 23.1 Å². The number of amides is 1. The van der Waals surface area contributed by atoms with E-state index in [9.17, 15) is 23.1 Å². The van der Waals surface area contributed by atoms with Crippen LogP contribution in [-0.4, -0.2) is 38.3 Å². The van der Waals surface area contributed by atoms with E-state index in [2.05, 4.69) is 5.10 Å². The molecule has 0 spiro atoms. The minimum absolute atomic E-state index is 0.0184. The average Bonchev–Trinajstić information content (AvgIpc) is 3.13. The molecular formula is C17H18F3N3O2. The standard InChI is InChI=1S/C17H18F3N3O2/c1-22-11(6-7-21-22)8-16(25)23-10-12(24)9-15(23)13-4-2-3-5-14(13)17(18,19)20/h2-7,12,15,24H,8-10H2,1H3/t12-,15-/m1/s1. The van der Waals surface area contributed by atoms with Crippen LogP contribution in [0.4, 0.5) is 13.2 Å². The van der Waals surface area contributed by atoms with Crippen molar-refractivity contribution in [1.82, 2.24) is 14.7 Å². The summed E-state index contributed by atoms with van der Waals surface area (Å²) in [5.41, 5.74) is -0.0911. The van der Waals surface area contributed by atoms with E-state index < -0.39 is 23.9 Å². The smallest absolute Gasteiger partial charge is 0.391 e. The van der Waals surface area contributed by atoms with Gasteiger partial charge in [-0.05, 0) is 24.1 Å². The number of aryl methyl sites for hydroxylation is 1. The van der Waals surface area contributed by atoms with Crippen molar-refractivity contribution < 1.29 is 23.1 Å². The first-order valence-electron chi connectivity index (χ1n) is 7.88. The van der Waals surface area contributed by atoms with Crippen LogP contribution in [0, 0.1) is 0 Å². The highest BCUT2D eigenvalue weighted by atomic mass is 19.4. The molecular weight excluding hydrogens is 335 g/mol. The molecule has 134 valence electrons. The third-order valence-electron chi connectivity index (χ3n) is 4.48. The van der Waals surface area contributed by atoms with Gasteiger partial charge >= 0.3 is 6.18 Å². The number of aromatic nitrogens is 2. The molecule has 0 radical (unpaired) electrons. The van der Waals surface area contributed by atoms with Crippen LogP contribution in [0.5, 0.6) is 0 Å². The second kappa shape index (κ2) is 6.51. The first kappa shape index (κ1) is 17.5. The van der Waals surface area contributed by atoms with E-state index in [1.54, 1.807) is 24.0 Å². The Morgan fingerprint density at radius 1 is 1.32 bits per heavy atom. The van der Waals surface area contributed by atoms with E-state index in [0.29, 0.717) is 5.69 Å². The summed E-state index contributed by atoms with van der Waals surface area (Å²) < 4.78 is 41.5. The van der Waals surface area contributed by atoms with Crippen LogP contribution < -0.4 is 0 Å². The second-order valence-electron chi connectivity index (χ2n) is 6.16. The molecule has 1 amide bonds. The van der Waals surface area contributed by atoms with Crippen LogP contribution in [0.1, 0.15) is 29.3 Å². The molecule has 1 saturated heterocycles. The molecule has 0 saturated carbocycles. The van der Waals surface area contributed by atoms with Gasteiger partial charge in [0, 0.05) is 25.5 Å². The summed E-state index contributed by atoms with van der Waals surface area (Å²) in [6.07, 6.45) is -3.70. The van der Waals surface area contributed by atoms with Crippen LogP contribution in [0.25, 0.3) is 0 Å². The predicted molar refractivity (Wildman–Crippen MR) is 83.4 cm³/mol. The summed E-state index contributed by atoms with van der Waals surface area (Å²) in [7, 11) is 1.69. The van der Waals surface area contributed by atoms with E-state index in [4.69, 9.17) is 0 Å². The molecule has 0 aliphatic carbocycles. The number of halogens is 3. The molecule has 1 N–H and O–H groups in total. The molecule has 2 aromatic rings. The van der Waals surface area contributed by atoms with E-state index in [-0.39, 0.29) is 30.9 Å². The van der Waals surface area contributed by atoms with Crippen molar-refractivity contribution in [2.75, 3.05) is 6.54 Å². The number of hydrogen-bond acceptors (Lipinski definition) is 3. The summed E-state index contributed by atoms with van der Waals surface area (Å²) in [6, 6.07) is 6.09. The first-order valence-corrected chi connectivity index (χ1v) is 7.88. The number of rotatable bonds is 3. The number of β-amino-alcohol motifs (C(OH)–C–C–N with tert-alkyl or cyclic N) is 1. The van der Waals surface area contributed by atoms with Crippen molar-refractivity contribution in [3.8, 4) is 0 Å². The van der Waals surface area contributed by atoms with Crippen LogP contribution in [0.15, 0.2) is 36.5 Å². The van der Waals surface area contributed by atoms with Crippen molar-refractivity contribution in [2.45, 2.75) is 31.2 Å². The highest BCUT2D eigenvalue weighted by Gasteiger charge is 2.41. The van der Waals surface area contributed by atoms with Gasteiger partial charge in [-0.1, -0.05) is 18.2 Å². The van der Waals surface area contributed by atoms with Gasteiger partial charge < -0.3 is 10.0 Å². The number of carbonyl (C=O) groups excluding carboxylic acids is 1. The lowest BCUT2D eigenvalue weighted by atomic mass is 9.97. The lowest BCUT2D eigenvalue weighted by Gasteiger charge is -2.27. The Morgan fingerprint density at radius 2 is 2.04 bits per heavy atom. The zero-order valence-corrected chi connectivity index (χ0v) is 13.6. The van der Waals surface area contributed by atoms with Gasteiger partial charge in [-0.2, -0.15) is 18.3 Å². The molecule has 25 heavy (non-hydrogen) atoms. The van der Waals surface area contributed by atoms with Gasteiger partial charge in [-0.3, -0.25) is 9.48 Å². The van der Waals surface area contributed by atoms with E-state index in [1.807, 2.05) is 0 Å². The molecule has 1 aromatic heterocycles. The zero-order chi connectivity index (χ0) is 18.2. The molecule has 0 bridgehead atoms. The number of aliphatic hydroxyl groups is 1. The topological polar surface area (TPSA) is 58.4 Å². The summed E-state index contributed by atoms with van der Waals surface area (Å²) in [5, 5.41) is 13.9. The van der Waals surface area contributed by atoms with E-state index in [0.717, 1.165) is 6.07 Å². The molecule has 1 aliphatic rings. The van der Waals surface area contributed by atoms with Crippen LogP contribution in [-0.2, 0) is 24.4 Å². The molecule has 8 heteroatoms. The van der Waals surface area contributed by atoms with Gasteiger partial charge in [0.25, 0.3) is 0 Å². The quantitative estimate of drug-likeness (QED) is 0.921. The minimum Gasteiger partial charge on any atom is -0.391 e. The summed E-state index contributed by atoms with van der Waals surface area (Å²) >= 11 is 0. The summed E-state index contributed by atoms with van der Waals surface area (Å²) in [4.78, 5) is 14.0. The molecule has 0 unspecified atom stereocenters. The van der Waals surface area contributed by atoms with Gasteiger partial charge in [0.1, 0.15) is 0 Å². The zero-order valence-electron chi connectivity index (χ0n) is 13.6. The fraction of sp³-hybridized carbons (Fsp3) is 0.412. The molecule has 2 heterocycles. The van der Waals surface area contributed by atoms with Gasteiger partial charge in [-0.25, -0.2) is 0 Å². The third-order valence-corrected chi connectivity index (χ3v) is 4.48. The third kappa shape index (κ3) is 3.53. The fourth-order valence-electron chi connectivity index (χ4n) is 3.26. The van der Waals surface area contributed by atoms with Crippen LogP contribution in [0.3, 0.4) is 0 Å². The fourth-order valence-corrected chi connectivity index (χ4v) is 3.26. The van der Waals surface area contributed by atoms with Crippen LogP contribution >= 0.6 is 0 Å². The lowest BCUT2D eigenvalue weighted by Crippen LogP contribution is -2.34. The van der Waals surface area contributed by atoms with Crippen molar-refractivity contribution >= 4 is 5.91 Å². The summed E-state index contributed by atoms with van der Waals surface area (Å²) in [6.45, 7) is 0.0214. The maximum Gasteiger partial charge on any atom is 0.416 e. The largest absolute Gasteiger partial charge is 0.416 e. The Labute approximate surface area is 142 Å². The highest BCUT2D eigenvalue weighted by molar-refractivity contribution is 5.79. The maximum absolute atomic E-state index is 13.3. The maximum atomic E-state index is 13.3. The molecule has 5 nitrogen and oxygen atoms in total. The number of hydrogen-bond donors (Lipinski definition) is 1. The Kier molecular flexibility index (Phi) is 4.55. The Balaban J connectivity index is 1.90. The Morgan fingerprint density at radius 3 is 2.68 bits per heavy atom. The number of nitrogens with zero attached hydrogens (tertiary/aromatic N) is 3. The molecule has 2 atom stereocenters. The van der Waals surface area contributed by atoms with E-state index >= 15 is 0 Å². The normalized spacial score (nSPS) is 20.9. The number of benzene rings is 1. The SMILES string of the molecule is Cn1nccc1CC(=O)N1C[C@H](O)C[C@@H]1c1ccccc1C(F)(F)F. The van der Waals surface area contributed by atoms with Gasteiger partial charge in [0.05, 0.1) is 24.1 Å². The average molecular weight is 353 g/mol. The predicted octanol–water partition coefficient (Wildman–Crippen LogP) is 2.32. The van der Waals surface area contributed by atoms with Gasteiger partial charge in [0.15, 0.2) is 0 Å². The van der Waals surface area contributed by atoms with Crippen molar-refractivity contribution in [3.05, 3.63) is 53.3 Å². The van der Waals surface area contributed by atoms with Gasteiger partial charge in [-0.15, -0.1) is 0 Å². The Bertz CT molecular complexity index is 772. The molecule has 1 aliphatic heterocycles. The number of alkyl halides is 3. The van der Waals surface area contributed by atoms with Crippen molar-refractivity contribution in [2.24, 2.45) is 7.05 Å². The van der Waals surface area contributed by atoms with Crippen LogP contribution in [0.2, 0.25) is 0 Å². The van der Waals surface area contributed by atoms with Gasteiger partial charge in [0.2, 0.25) is 5.91 Å². The van der Waals surface area contributed by atoms with Crippen molar-refractivity contribution in [1.29, 1.82) is 0 Å². The molecule has 3 rings (SSSR count). The summed E-state index contributed by atoms with van der Waals surface area (Å²) in [5.74, 6) is -0.331. The lowest BCUT2D eigenvalue weighted by molar-refractivity contribution is -0.140. The Hall–Kier alpha value is -2.35. The number of aliphatic hydroxyl groups excluding tert-OH is 1. The first-order chi connectivity index (χ1) is 11.8. The highest BCUT2D eigenvalue weighted by Crippen LogP contribution is 2.40. The van der Waals surface area contributed by atoms with Crippen molar-refractivity contribution in [3.63, 3.8) is 0 Å². The molecule has 1 aromatic carbocycles. The minimum atomic E-state index is -4.51.